The van der Waals surface area contributed by atoms with E-state index in [1.54, 1.807) is 0 Å². The van der Waals surface area contributed by atoms with Gasteiger partial charge >= 0.3 is 11.5 Å². The summed E-state index contributed by atoms with van der Waals surface area (Å²) in [6, 6.07) is 18.4. The fourth-order valence-electron chi connectivity index (χ4n) is 2.58. The Hall–Kier alpha value is -2.12. The number of halogens is 1. The number of rotatable bonds is 2. The van der Waals surface area contributed by atoms with E-state index < -0.39 is 0 Å². The van der Waals surface area contributed by atoms with Crippen molar-refractivity contribution in [3.63, 3.8) is 0 Å². The van der Waals surface area contributed by atoms with Crippen LogP contribution in [0.5, 0.6) is 0 Å². The second kappa shape index (κ2) is 5.94. The topological polar surface area (TPSA) is 11.3 Å². The van der Waals surface area contributed by atoms with Gasteiger partial charge in [0, 0.05) is 0 Å². The summed E-state index contributed by atoms with van der Waals surface area (Å²) < 4.78 is 6.25. The van der Waals surface area contributed by atoms with E-state index in [4.69, 9.17) is 16.0 Å². The van der Waals surface area contributed by atoms with E-state index in [0.717, 1.165) is 38.8 Å². The van der Waals surface area contributed by atoms with Crippen molar-refractivity contribution in [2.45, 2.75) is 20.8 Å². The zero-order valence-corrected chi connectivity index (χ0v) is 13.7. The first-order valence-electron chi connectivity index (χ1n) is 7.33. The van der Waals surface area contributed by atoms with E-state index in [9.17, 15) is 0 Å². The smallest absolute Gasteiger partial charge is 0.206 e. The molecule has 0 fully saturated rings. The van der Waals surface area contributed by atoms with Crippen LogP contribution in [-0.4, -0.2) is 0 Å². The molecule has 3 rings (SSSR count). The molecule has 0 aliphatic heterocycles. The molecule has 0 N–H and O–H groups in total. The van der Waals surface area contributed by atoms with Gasteiger partial charge in [-0.05, 0) is 45.0 Å². The molecule has 2 heteroatoms. The average molecular weight is 310 g/mol. The third-order valence-corrected chi connectivity index (χ3v) is 4.46. The summed E-state index contributed by atoms with van der Waals surface area (Å²) in [5, 5.41) is 0.765. The monoisotopic (exact) mass is 309 g/mol. The second-order valence-corrected chi connectivity index (χ2v) is 5.93. The minimum absolute atomic E-state index is 0.765. The molecule has 1 aromatic heterocycles. The highest BCUT2D eigenvalue weighted by molar-refractivity contribution is 6.32. The molecule has 1 nitrogen and oxygen atoms in total. The van der Waals surface area contributed by atoms with Crippen molar-refractivity contribution >= 4 is 11.6 Å². The predicted octanol–water partition coefficient (Wildman–Crippen LogP) is 6.47. The maximum Gasteiger partial charge on any atom is 0.365 e. The Kier molecular flexibility index (Phi) is 4.00. The van der Waals surface area contributed by atoms with Crippen LogP contribution in [0.4, 0.5) is 0 Å². The molecule has 1 heterocycles. The predicted molar refractivity (Wildman–Crippen MR) is 93.2 cm³/mol. The first-order valence-corrected chi connectivity index (χ1v) is 7.71. The summed E-state index contributed by atoms with van der Waals surface area (Å²) in [4.78, 5) is 0. The molecule has 0 atom stereocenters. The normalized spacial score (nSPS) is 10.7. The van der Waals surface area contributed by atoms with Crippen LogP contribution in [0.15, 0.2) is 59.0 Å². The molecule has 0 unspecified atom stereocenters. The minimum atomic E-state index is 0.765. The molecular formula is C20H18ClO+. The molecule has 0 aliphatic carbocycles. The lowest BCUT2D eigenvalue weighted by Crippen LogP contribution is -1.92. The maximum absolute atomic E-state index is 6.56. The van der Waals surface area contributed by atoms with Gasteiger partial charge in [0.05, 0.1) is 27.3 Å². The first kappa shape index (κ1) is 14.8. The van der Waals surface area contributed by atoms with Gasteiger partial charge in [0.15, 0.2) is 0 Å². The Labute approximate surface area is 136 Å². The van der Waals surface area contributed by atoms with E-state index >= 15 is 0 Å². The maximum atomic E-state index is 6.56. The van der Waals surface area contributed by atoms with Crippen molar-refractivity contribution in [3.05, 3.63) is 76.3 Å². The van der Waals surface area contributed by atoms with Gasteiger partial charge in [-0.3, -0.25) is 0 Å². The fraction of sp³-hybridized carbons (Fsp3) is 0.150. The van der Waals surface area contributed by atoms with Gasteiger partial charge in [0.25, 0.3) is 0 Å². The molecule has 0 bridgehead atoms. The van der Waals surface area contributed by atoms with Gasteiger partial charge in [-0.2, -0.15) is 0 Å². The van der Waals surface area contributed by atoms with Crippen molar-refractivity contribution in [2.24, 2.45) is 0 Å². The van der Waals surface area contributed by atoms with E-state index in [2.05, 4.69) is 31.2 Å². The van der Waals surface area contributed by atoms with Crippen molar-refractivity contribution in [3.8, 4) is 22.6 Å². The highest BCUT2D eigenvalue weighted by atomic mass is 35.5. The van der Waals surface area contributed by atoms with Gasteiger partial charge in [0.2, 0.25) is 0 Å². The van der Waals surface area contributed by atoms with E-state index in [1.807, 2.05) is 44.2 Å². The van der Waals surface area contributed by atoms with Crippen LogP contribution < -0.4 is 0 Å². The van der Waals surface area contributed by atoms with Crippen molar-refractivity contribution < 1.29 is 4.42 Å². The Morgan fingerprint density at radius 1 is 0.682 bits per heavy atom. The Bertz CT molecular complexity index is 805. The molecule has 0 radical (unpaired) electrons. The lowest BCUT2D eigenvalue weighted by Gasteiger charge is -2.04. The molecule has 22 heavy (non-hydrogen) atoms. The highest BCUT2D eigenvalue weighted by Crippen LogP contribution is 2.37. The molecule has 0 spiro atoms. The molecule has 0 saturated heterocycles. The lowest BCUT2D eigenvalue weighted by molar-refractivity contribution is 0.573. The third kappa shape index (κ3) is 2.65. The summed E-state index contributed by atoms with van der Waals surface area (Å²) in [5.41, 5.74) is 5.25. The number of aryl methyl sites for hydroxylation is 1. The van der Waals surface area contributed by atoms with E-state index in [1.165, 1.54) is 5.56 Å². The van der Waals surface area contributed by atoms with Gasteiger partial charge in [0.1, 0.15) is 0 Å². The van der Waals surface area contributed by atoms with Crippen LogP contribution in [0, 0.1) is 20.8 Å². The van der Waals surface area contributed by atoms with Crippen LogP contribution in [0.2, 0.25) is 5.02 Å². The van der Waals surface area contributed by atoms with Crippen LogP contribution in [0.1, 0.15) is 16.7 Å². The summed E-state index contributed by atoms with van der Waals surface area (Å²) >= 11 is 6.56. The molecule has 110 valence electrons. The third-order valence-electron chi connectivity index (χ3n) is 3.89. The SMILES string of the molecule is Cc1ccc(-c2[o+]c(-c3ccccc3)c(C)c(Cl)c2C)cc1. The van der Waals surface area contributed by atoms with Crippen molar-refractivity contribution in [1.29, 1.82) is 0 Å². The summed E-state index contributed by atoms with van der Waals surface area (Å²) in [5.74, 6) is 1.65. The fourth-order valence-corrected chi connectivity index (χ4v) is 2.75. The van der Waals surface area contributed by atoms with Crippen LogP contribution in [0.3, 0.4) is 0 Å². The summed E-state index contributed by atoms with van der Waals surface area (Å²) in [6.07, 6.45) is 0. The van der Waals surface area contributed by atoms with Crippen LogP contribution >= 0.6 is 11.6 Å². The Morgan fingerprint density at radius 2 is 1.18 bits per heavy atom. The molecule has 0 aliphatic rings. The van der Waals surface area contributed by atoms with E-state index in [-0.39, 0.29) is 0 Å². The standard InChI is InChI=1S/C20H18ClO/c1-13-9-11-17(12-10-13)20-15(3)18(21)14(2)19(22-20)16-7-5-4-6-8-16/h4-12H,1-3H3/q+1. The highest BCUT2D eigenvalue weighted by Gasteiger charge is 2.27. The molecule has 2 aromatic carbocycles. The van der Waals surface area contributed by atoms with Crippen molar-refractivity contribution in [1.82, 2.24) is 0 Å². The molecule has 3 aromatic rings. The van der Waals surface area contributed by atoms with E-state index in [0.29, 0.717) is 0 Å². The van der Waals surface area contributed by atoms with Gasteiger partial charge in [-0.15, -0.1) is 0 Å². The zero-order valence-electron chi connectivity index (χ0n) is 13.0. The van der Waals surface area contributed by atoms with Gasteiger partial charge in [-0.1, -0.05) is 47.5 Å². The Morgan fingerprint density at radius 3 is 1.73 bits per heavy atom. The quantitative estimate of drug-likeness (QED) is 0.493. The largest absolute Gasteiger partial charge is 0.365 e. The molecule has 0 saturated carbocycles. The van der Waals surface area contributed by atoms with Gasteiger partial charge < -0.3 is 0 Å². The molecular weight excluding hydrogens is 292 g/mol. The second-order valence-electron chi connectivity index (χ2n) is 5.56. The van der Waals surface area contributed by atoms with Crippen molar-refractivity contribution in [2.75, 3.05) is 0 Å². The zero-order chi connectivity index (χ0) is 15.7. The molecule has 0 amide bonds. The average Bonchev–Trinajstić information content (AvgIpc) is 2.55. The van der Waals surface area contributed by atoms with Gasteiger partial charge in [-0.25, -0.2) is 4.42 Å². The summed E-state index contributed by atoms with van der Waals surface area (Å²) in [6.45, 7) is 6.08. The lowest BCUT2D eigenvalue weighted by atomic mass is 10.0. The number of hydrogen-bond donors (Lipinski definition) is 0. The van der Waals surface area contributed by atoms with Crippen LogP contribution in [0.25, 0.3) is 22.6 Å². The summed E-state index contributed by atoms with van der Waals surface area (Å²) in [7, 11) is 0. The Balaban J connectivity index is 2.24. The first-order chi connectivity index (χ1) is 10.6. The number of benzene rings is 2. The minimum Gasteiger partial charge on any atom is -0.206 e. The van der Waals surface area contributed by atoms with Crippen LogP contribution in [-0.2, 0) is 0 Å². The number of hydrogen-bond acceptors (Lipinski definition) is 0.